The van der Waals surface area contributed by atoms with Gasteiger partial charge in [-0.05, 0) is 13.3 Å². The van der Waals surface area contributed by atoms with Gasteiger partial charge in [-0.15, -0.1) is 23.7 Å². The van der Waals surface area contributed by atoms with Crippen molar-refractivity contribution in [1.82, 2.24) is 10.3 Å². The molecule has 1 rings (SSSR count). The standard InChI is InChI=1S/C12H18F3N3OS.ClH/c1-4-8(17-10(19)6(2)7(3)16)11-18-9(5-20-11)12(13,14)15;/h5-8H,4,16H2,1-3H3,(H,17,19);1H. The number of nitrogens with one attached hydrogen (secondary N) is 1. The number of hydrogen-bond donors (Lipinski definition) is 2. The van der Waals surface area contributed by atoms with Crippen LogP contribution in [0.2, 0.25) is 0 Å². The van der Waals surface area contributed by atoms with Crippen molar-refractivity contribution in [2.24, 2.45) is 11.7 Å². The van der Waals surface area contributed by atoms with Crippen LogP contribution in [0.5, 0.6) is 0 Å². The highest BCUT2D eigenvalue weighted by atomic mass is 35.5. The molecule has 9 heteroatoms. The molecule has 1 amide bonds. The predicted octanol–water partition coefficient (Wildman–Crippen LogP) is 3.13. The van der Waals surface area contributed by atoms with Gasteiger partial charge in [-0.25, -0.2) is 4.98 Å². The Hall–Kier alpha value is -0.860. The minimum absolute atomic E-state index is 0. The monoisotopic (exact) mass is 345 g/mol. The van der Waals surface area contributed by atoms with E-state index in [1.165, 1.54) is 0 Å². The fourth-order valence-corrected chi connectivity index (χ4v) is 2.42. The van der Waals surface area contributed by atoms with Crippen molar-refractivity contribution in [3.8, 4) is 0 Å². The lowest BCUT2D eigenvalue weighted by Gasteiger charge is -2.20. The van der Waals surface area contributed by atoms with E-state index in [4.69, 9.17) is 5.73 Å². The lowest BCUT2D eigenvalue weighted by molar-refractivity contribution is -0.140. The van der Waals surface area contributed by atoms with Gasteiger partial charge in [0.25, 0.3) is 0 Å². The zero-order valence-electron chi connectivity index (χ0n) is 11.9. The Labute approximate surface area is 131 Å². The summed E-state index contributed by atoms with van der Waals surface area (Å²) in [6, 6.07) is -0.848. The summed E-state index contributed by atoms with van der Waals surface area (Å²) >= 11 is 0.894. The zero-order valence-corrected chi connectivity index (χ0v) is 13.5. The molecule has 21 heavy (non-hydrogen) atoms. The lowest BCUT2D eigenvalue weighted by Crippen LogP contribution is -2.40. The van der Waals surface area contributed by atoms with Crippen molar-refractivity contribution in [3.05, 3.63) is 16.1 Å². The number of nitrogens with zero attached hydrogens (tertiary/aromatic N) is 1. The van der Waals surface area contributed by atoms with Gasteiger partial charge in [0.05, 0.1) is 6.04 Å². The number of hydrogen-bond acceptors (Lipinski definition) is 4. The predicted molar refractivity (Wildman–Crippen MR) is 78.4 cm³/mol. The number of alkyl halides is 3. The van der Waals surface area contributed by atoms with E-state index in [9.17, 15) is 18.0 Å². The van der Waals surface area contributed by atoms with Crippen LogP contribution >= 0.6 is 23.7 Å². The van der Waals surface area contributed by atoms with E-state index in [-0.39, 0.29) is 29.4 Å². The van der Waals surface area contributed by atoms with E-state index in [1.807, 2.05) is 0 Å². The molecule has 0 aliphatic carbocycles. The van der Waals surface area contributed by atoms with Crippen molar-refractivity contribution < 1.29 is 18.0 Å². The minimum Gasteiger partial charge on any atom is -0.347 e. The average molecular weight is 346 g/mol. The van der Waals surface area contributed by atoms with Crippen LogP contribution in [0, 0.1) is 5.92 Å². The third-order valence-corrected chi connectivity index (χ3v) is 4.00. The van der Waals surface area contributed by atoms with Gasteiger partial charge in [0.15, 0.2) is 5.69 Å². The third kappa shape index (κ3) is 5.44. The lowest BCUT2D eigenvalue weighted by atomic mass is 10.0. The molecule has 0 bridgehead atoms. The molecular weight excluding hydrogens is 327 g/mol. The third-order valence-electron chi connectivity index (χ3n) is 3.04. The minimum atomic E-state index is -4.46. The Morgan fingerprint density at radius 1 is 1.48 bits per heavy atom. The number of nitrogens with two attached hydrogens (primary N) is 1. The van der Waals surface area contributed by atoms with E-state index < -0.39 is 23.8 Å². The molecule has 0 fully saturated rings. The number of aromatic nitrogens is 1. The van der Waals surface area contributed by atoms with Gasteiger partial charge in [0.1, 0.15) is 5.01 Å². The average Bonchev–Trinajstić information content (AvgIpc) is 2.83. The fourth-order valence-electron chi connectivity index (χ4n) is 1.46. The molecule has 0 spiro atoms. The van der Waals surface area contributed by atoms with Gasteiger partial charge in [-0.1, -0.05) is 13.8 Å². The summed E-state index contributed by atoms with van der Waals surface area (Å²) in [6.45, 7) is 5.15. The second-order valence-electron chi connectivity index (χ2n) is 4.69. The molecule has 122 valence electrons. The summed E-state index contributed by atoms with van der Waals surface area (Å²) in [5.41, 5.74) is 4.71. The molecule has 4 nitrogen and oxygen atoms in total. The van der Waals surface area contributed by atoms with Gasteiger partial charge >= 0.3 is 6.18 Å². The normalized spacial score (nSPS) is 15.8. The van der Waals surface area contributed by atoms with Crippen molar-refractivity contribution in [2.45, 2.75) is 45.5 Å². The highest BCUT2D eigenvalue weighted by molar-refractivity contribution is 7.09. The van der Waals surface area contributed by atoms with Crippen LogP contribution in [0.1, 0.15) is 43.9 Å². The maximum atomic E-state index is 12.5. The van der Waals surface area contributed by atoms with Crippen molar-refractivity contribution in [1.29, 1.82) is 0 Å². The highest BCUT2D eigenvalue weighted by Gasteiger charge is 2.34. The van der Waals surface area contributed by atoms with E-state index in [0.29, 0.717) is 6.42 Å². The number of halogens is 4. The first-order valence-electron chi connectivity index (χ1n) is 6.25. The fraction of sp³-hybridized carbons (Fsp3) is 0.667. The number of amides is 1. The van der Waals surface area contributed by atoms with Crippen LogP contribution < -0.4 is 11.1 Å². The van der Waals surface area contributed by atoms with E-state index >= 15 is 0 Å². The van der Waals surface area contributed by atoms with E-state index in [0.717, 1.165) is 16.7 Å². The summed E-state index contributed by atoms with van der Waals surface area (Å²) in [5.74, 6) is -0.693. The van der Waals surface area contributed by atoms with Gasteiger partial charge in [0, 0.05) is 17.3 Å². The van der Waals surface area contributed by atoms with Crippen molar-refractivity contribution in [2.75, 3.05) is 0 Å². The molecule has 0 radical (unpaired) electrons. The summed E-state index contributed by atoms with van der Waals surface area (Å²) in [7, 11) is 0. The van der Waals surface area contributed by atoms with Gasteiger partial charge in [-0.3, -0.25) is 4.79 Å². The quantitative estimate of drug-likeness (QED) is 0.861. The zero-order chi connectivity index (χ0) is 15.5. The molecule has 1 aromatic rings. The number of carbonyl (C=O) groups is 1. The van der Waals surface area contributed by atoms with Gasteiger partial charge in [-0.2, -0.15) is 13.2 Å². The largest absolute Gasteiger partial charge is 0.434 e. The van der Waals surface area contributed by atoms with Crippen LogP contribution in [0.3, 0.4) is 0 Å². The molecule has 3 N–H and O–H groups in total. The number of carbonyl (C=O) groups excluding carboxylic acids is 1. The molecule has 0 aliphatic rings. The Bertz CT molecular complexity index is 465. The van der Waals surface area contributed by atoms with E-state index in [2.05, 4.69) is 10.3 Å². The first-order valence-corrected chi connectivity index (χ1v) is 7.13. The Morgan fingerprint density at radius 2 is 2.05 bits per heavy atom. The maximum absolute atomic E-state index is 12.5. The SMILES string of the molecule is CCC(NC(=O)C(C)C(C)N)c1nc(C(F)(F)F)cs1.Cl. The number of thiazole rings is 1. The van der Waals surface area contributed by atoms with Crippen LogP contribution in [-0.2, 0) is 11.0 Å². The summed E-state index contributed by atoms with van der Waals surface area (Å²) in [5, 5.41) is 3.90. The second kappa shape index (κ2) is 7.95. The van der Waals surface area contributed by atoms with Crippen LogP contribution in [0.15, 0.2) is 5.38 Å². The van der Waals surface area contributed by atoms with Gasteiger partial charge < -0.3 is 11.1 Å². The topological polar surface area (TPSA) is 68.0 Å². The molecule has 0 saturated heterocycles. The molecule has 1 aromatic heterocycles. The smallest absolute Gasteiger partial charge is 0.347 e. The molecule has 1 heterocycles. The molecular formula is C12H19ClF3N3OS. The first-order chi connectivity index (χ1) is 9.16. The first kappa shape index (κ1) is 20.1. The Kier molecular flexibility index (Phi) is 7.63. The molecule has 3 atom stereocenters. The maximum Gasteiger partial charge on any atom is 0.434 e. The summed E-state index contributed by atoms with van der Waals surface area (Å²) < 4.78 is 37.5. The molecule has 3 unspecified atom stereocenters. The van der Waals surface area contributed by atoms with Crippen molar-refractivity contribution >= 4 is 29.7 Å². The van der Waals surface area contributed by atoms with Crippen LogP contribution in [-0.4, -0.2) is 16.9 Å². The number of rotatable bonds is 5. The van der Waals surface area contributed by atoms with Gasteiger partial charge in [0.2, 0.25) is 5.91 Å². The summed E-state index contributed by atoms with van der Waals surface area (Å²) in [4.78, 5) is 15.5. The van der Waals surface area contributed by atoms with Crippen LogP contribution in [0.4, 0.5) is 13.2 Å². The molecule has 0 saturated carbocycles. The van der Waals surface area contributed by atoms with Crippen molar-refractivity contribution in [3.63, 3.8) is 0 Å². The Balaban J connectivity index is 0.00000400. The second-order valence-corrected chi connectivity index (χ2v) is 5.58. The molecule has 0 aliphatic heterocycles. The Morgan fingerprint density at radius 3 is 2.43 bits per heavy atom. The highest BCUT2D eigenvalue weighted by Crippen LogP contribution is 2.32. The molecule has 0 aromatic carbocycles. The van der Waals surface area contributed by atoms with Crippen LogP contribution in [0.25, 0.3) is 0 Å². The van der Waals surface area contributed by atoms with E-state index in [1.54, 1.807) is 20.8 Å². The summed E-state index contributed by atoms with van der Waals surface area (Å²) in [6.07, 6.45) is -4.00.